The minimum atomic E-state index is -0.141. The van der Waals surface area contributed by atoms with Crippen molar-refractivity contribution in [2.24, 2.45) is 0 Å². The Labute approximate surface area is 114 Å². The molecule has 0 bridgehead atoms. The molecule has 0 aromatic carbocycles. The van der Waals surface area contributed by atoms with Crippen molar-refractivity contribution in [3.63, 3.8) is 0 Å². The maximum absolute atomic E-state index is 12.1. The molecule has 0 aromatic heterocycles. The van der Waals surface area contributed by atoms with Crippen molar-refractivity contribution in [2.75, 3.05) is 40.3 Å². The molecule has 2 aliphatic rings. The zero-order valence-electron chi connectivity index (χ0n) is 11.8. The highest BCUT2D eigenvalue weighted by Crippen LogP contribution is 2.18. The summed E-state index contributed by atoms with van der Waals surface area (Å²) in [7, 11) is 3.55. The van der Waals surface area contributed by atoms with Crippen LogP contribution in [-0.2, 0) is 9.59 Å². The number of rotatable bonds is 5. The zero-order valence-corrected chi connectivity index (χ0v) is 11.8. The Balaban J connectivity index is 1.81. The van der Waals surface area contributed by atoms with Gasteiger partial charge in [-0.2, -0.15) is 0 Å². The van der Waals surface area contributed by atoms with Crippen molar-refractivity contribution in [3.05, 3.63) is 0 Å². The molecule has 1 aliphatic carbocycles. The van der Waals surface area contributed by atoms with Crippen LogP contribution >= 0.6 is 0 Å². The SMILES string of the molecule is CN(C)C(=O)C1CNCCN1CCC(=O)NC1CC1. The number of hydrogen-bond acceptors (Lipinski definition) is 4. The van der Waals surface area contributed by atoms with Crippen LogP contribution in [0.2, 0.25) is 0 Å². The lowest BCUT2D eigenvalue weighted by molar-refractivity contribution is -0.135. The van der Waals surface area contributed by atoms with Gasteiger partial charge in [0.05, 0.1) is 0 Å². The van der Waals surface area contributed by atoms with E-state index in [0.29, 0.717) is 25.6 Å². The molecule has 6 heteroatoms. The van der Waals surface area contributed by atoms with E-state index in [0.717, 1.165) is 25.9 Å². The highest BCUT2D eigenvalue weighted by atomic mass is 16.2. The van der Waals surface area contributed by atoms with Crippen LogP contribution in [0.5, 0.6) is 0 Å². The number of piperazine rings is 1. The predicted octanol–water partition coefficient (Wildman–Crippen LogP) is -0.983. The maximum atomic E-state index is 12.1. The van der Waals surface area contributed by atoms with Crippen LogP contribution in [0.4, 0.5) is 0 Å². The molecule has 0 spiro atoms. The standard InChI is InChI=1S/C13H24N4O2/c1-16(2)13(19)11-9-14-6-8-17(11)7-5-12(18)15-10-3-4-10/h10-11,14H,3-9H2,1-2H3,(H,15,18). The topological polar surface area (TPSA) is 64.7 Å². The van der Waals surface area contributed by atoms with E-state index >= 15 is 0 Å². The van der Waals surface area contributed by atoms with Gasteiger partial charge in [0.15, 0.2) is 0 Å². The van der Waals surface area contributed by atoms with Gasteiger partial charge in [-0.25, -0.2) is 0 Å². The molecule has 108 valence electrons. The number of hydrogen-bond donors (Lipinski definition) is 2. The molecular weight excluding hydrogens is 244 g/mol. The zero-order chi connectivity index (χ0) is 13.8. The number of likely N-dealkylation sites (N-methyl/N-ethyl adjacent to an activating group) is 1. The molecule has 0 aromatic rings. The van der Waals surface area contributed by atoms with Gasteiger partial charge in [0.2, 0.25) is 11.8 Å². The van der Waals surface area contributed by atoms with Gasteiger partial charge in [0.1, 0.15) is 6.04 Å². The van der Waals surface area contributed by atoms with Crippen molar-refractivity contribution in [2.45, 2.75) is 31.3 Å². The summed E-state index contributed by atoms with van der Waals surface area (Å²) < 4.78 is 0. The Morgan fingerprint density at radius 1 is 1.37 bits per heavy atom. The minimum Gasteiger partial charge on any atom is -0.353 e. The molecule has 1 unspecified atom stereocenters. The van der Waals surface area contributed by atoms with Gasteiger partial charge < -0.3 is 15.5 Å². The Morgan fingerprint density at radius 2 is 2.11 bits per heavy atom. The van der Waals surface area contributed by atoms with E-state index in [4.69, 9.17) is 0 Å². The number of nitrogens with zero attached hydrogens (tertiary/aromatic N) is 2. The highest BCUT2D eigenvalue weighted by Gasteiger charge is 2.30. The first-order chi connectivity index (χ1) is 9.08. The van der Waals surface area contributed by atoms with Crippen molar-refractivity contribution < 1.29 is 9.59 Å². The van der Waals surface area contributed by atoms with E-state index in [1.807, 2.05) is 0 Å². The average molecular weight is 268 g/mol. The van der Waals surface area contributed by atoms with Crippen LogP contribution in [0.3, 0.4) is 0 Å². The maximum Gasteiger partial charge on any atom is 0.240 e. The van der Waals surface area contributed by atoms with Crippen molar-refractivity contribution in [3.8, 4) is 0 Å². The van der Waals surface area contributed by atoms with Crippen molar-refractivity contribution in [1.29, 1.82) is 0 Å². The third kappa shape index (κ3) is 4.18. The molecule has 1 saturated carbocycles. The molecule has 19 heavy (non-hydrogen) atoms. The molecule has 1 saturated heterocycles. The summed E-state index contributed by atoms with van der Waals surface area (Å²) in [6.45, 7) is 3.02. The second-order valence-corrected chi connectivity index (χ2v) is 5.58. The Bertz CT molecular complexity index is 342. The van der Waals surface area contributed by atoms with Crippen molar-refractivity contribution >= 4 is 11.8 Å². The van der Waals surface area contributed by atoms with E-state index in [2.05, 4.69) is 15.5 Å². The third-order valence-corrected chi connectivity index (χ3v) is 3.65. The average Bonchev–Trinajstić information content (AvgIpc) is 3.19. The summed E-state index contributed by atoms with van der Waals surface area (Å²) in [5, 5.41) is 6.22. The fourth-order valence-electron chi connectivity index (χ4n) is 2.33. The largest absolute Gasteiger partial charge is 0.353 e. The van der Waals surface area contributed by atoms with Gasteiger partial charge in [-0.1, -0.05) is 0 Å². The fraction of sp³-hybridized carbons (Fsp3) is 0.846. The van der Waals surface area contributed by atoms with E-state index < -0.39 is 0 Å². The van der Waals surface area contributed by atoms with E-state index in [1.54, 1.807) is 19.0 Å². The molecule has 2 amide bonds. The first kappa shape index (κ1) is 14.3. The molecule has 6 nitrogen and oxygen atoms in total. The van der Waals surface area contributed by atoms with Crippen LogP contribution in [0.1, 0.15) is 19.3 Å². The first-order valence-corrected chi connectivity index (χ1v) is 7.03. The Hall–Kier alpha value is -1.14. The summed E-state index contributed by atoms with van der Waals surface area (Å²) in [6, 6.07) is 0.271. The molecular formula is C13H24N4O2. The lowest BCUT2D eigenvalue weighted by Crippen LogP contribution is -2.58. The normalized spacial score (nSPS) is 24.0. The van der Waals surface area contributed by atoms with Crippen LogP contribution in [-0.4, -0.2) is 74.0 Å². The Kier molecular flexibility index (Phi) is 4.76. The number of carbonyl (C=O) groups is 2. The molecule has 0 radical (unpaired) electrons. The van der Waals surface area contributed by atoms with E-state index in [1.165, 1.54) is 0 Å². The van der Waals surface area contributed by atoms with Gasteiger partial charge in [0.25, 0.3) is 0 Å². The van der Waals surface area contributed by atoms with E-state index in [-0.39, 0.29) is 17.9 Å². The van der Waals surface area contributed by atoms with Gasteiger partial charge in [-0.15, -0.1) is 0 Å². The van der Waals surface area contributed by atoms with Crippen LogP contribution in [0.15, 0.2) is 0 Å². The Morgan fingerprint density at radius 3 is 2.74 bits per heavy atom. The summed E-state index contributed by atoms with van der Waals surface area (Å²) in [5.41, 5.74) is 0. The molecule has 2 fully saturated rings. The number of amides is 2. The highest BCUT2D eigenvalue weighted by molar-refractivity contribution is 5.82. The smallest absolute Gasteiger partial charge is 0.240 e. The lowest BCUT2D eigenvalue weighted by Gasteiger charge is -2.36. The second-order valence-electron chi connectivity index (χ2n) is 5.58. The van der Waals surface area contributed by atoms with Gasteiger partial charge >= 0.3 is 0 Å². The quantitative estimate of drug-likeness (QED) is 0.672. The summed E-state index contributed by atoms with van der Waals surface area (Å²) in [4.78, 5) is 27.5. The summed E-state index contributed by atoms with van der Waals surface area (Å²) in [5.74, 6) is 0.215. The van der Waals surface area contributed by atoms with Crippen LogP contribution in [0.25, 0.3) is 0 Å². The van der Waals surface area contributed by atoms with Gasteiger partial charge in [-0.3, -0.25) is 14.5 Å². The summed E-state index contributed by atoms with van der Waals surface area (Å²) in [6.07, 6.45) is 2.70. The van der Waals surface area contributed by atoms with Crippen LogP contribution < -0.4 is 10.6 Å². The van der Waals surface area contributed by atoms with Gasteiger partial charge in [0, 0.05) is 52.7 Å². The number of carbonyl (C=O) groups excluding carboxylic acids is 2. The van der Waals surface area contributed by atoms with Crippen LogP contribution in [0, 0.1) is 0 Å². The van der Waals surface area contributed by atoms with Gasteiger partial charge in [-0.05, 0) is 12.8 Å². The predicted molar refractivity (Wildman–Crippen MR) is 72.7 cm³/mol. The molecule has 1 heterocycles. The molecule has 2 rings (SSSR count). The molecule has 1 atom stereocenters. The second kappa shape index (κ2) is 6.34. The monoisotopic (exact) mass is 268 g/mol. The number of nitrogens with one attached hydrogen (secondary N) is 2. The fourth-order valence-corrected chi connectivity index (χ4v) is 2.33. The lowest BCUT2D eigenvalue weighted by atomic mass is 10.1. The molecule has 2 N–H and O–H groups in total. The minimum absolute atomic E-state index is 0.106. The summed E-state index contributed by atoms with van der Waals surface area (Å²) >= 11 is 0. The van der Waals surface area contributed by atoms with E-state index in [9.17, 15) is 9.59 Å². The third-order valence-electron chi connectivity index (χ3n) is 3.65. The molecule has 1 aliphatic heterocycles. The first-order valence-electron chi connectivity index (χ1n) is 7.03. The van der Waals surface area contributed by atoms with Crippen molar-refractivity contribution in [1.82, 2.24) is 20.4 Å².